The fourth-order valence-electron chi connectivity index (χ4n) is 2.70. The van der Waals surface area contributed by atoms with Crippen LogP contribution in [-0.4, -0.2) is 12.5 Å². The zero-order chi connectivity index (χ0) is 17.6. The molecule has 1 aromatic rings. The van der Waals surface area contributed by atoms with E-state index in [0.717, 1.165) is 25.0 Å². The van der Waals surface area contributed by atoms with Crippen molar-refractivity contribution in [1.82, 2.24) is 0 Å². The predicted octanol–water partition coefficient (Wildman–Crippen LogP) is 5.09. The molecule has 0 saturated heterocycles. The summed E-state index contributed by atoms with van der Waals surface area (Å²) in [4.78, 5) is 11.2. The molecule has 0 aliphatic carbocycles. The second-order valence-electron chi connectivity index (χ2n) is 6.71. The quantitative estimate of drug-likeness (QED) is 0.689. The number of rotatable bonds is 9. The van der Waals surface area contributed by atoms with Crippen LogP contribution in [0.4, 0.5) is 0 Å². The van der Waals surface area contributed by atoms with E-state index < -0.39 is 5.91 Å². The van der Waals surface area contributed by atoms with Gasteiger partial charge in [-0.3, -0.25) is 4.79 Å². The first kappa shape index (κ1) is 19.5. The van der Waals surface area contributed by atoms with Crippen molar-refractivity contribution in [3.63, 3.8) is 0 Å². The van der Waals surface area contributed by atoms with E-state index in [-0.39, 0.29) is 6.61 Å². The maximum Gasteiger partial charge on any atom is 0.255 e. The number of nitrogens with two attached hydrogens (primary N) is 1. The Hall–Kier alpha value is -1.51. The zero-order valence-electron chi connectivity index (χ0n) is 15.6. The second-order valence-corrected chi connectivity index (χ2v) is 6.71. The highest BCUT2D eigenvalue weighted by Gasteiger charge is 2.21. The summed E-state index contributed by atoms with van der Waals surface area (Å²) in [5.41, 5.74) is 9.08. The molecule has 130 valence electrons. The highest BCUT2D eigenvalue weighted by Crippen LogP contribution is 2.40. The number of amides is 1. The molecule has 1 rings (SSSR count). The highest BCUT2D eigenvalue weighted by atomic mass is 16.5. The van der Waals surface area contributed by atoms with E-state index in [1.807, 2.05) is 0 Å². The number of primary amides is 1. The molecule has 1 aromatic carbocycles. The third-order valence-electron chi connectivity index (χ3n) is 5.00. The molecule has 3 unspecified atom stereocenters. The number of hydrogen-bond acceptors (Lipinski definition) is 2. The van der Waals surface area contributed by atoms with Crippen LogP contribution in [0.1, 0.15) is 95.2 Å². The van der Waals surface area contributed by atoms with Gasteiger partial charge in [-0.2, -0.15) is 0 Å². The molecular formula is C20H33NO2. The molecule has 0 fully saturated rings. The van der Waals surface area contributed by atoms with Gasteiger partial charge in [-0.25, -0.2) is 0 Å². The largest absolute Gasteiger partial charge is 0.483 e. The Bertz CT molecular complexity index is 493. The van der Waals surface area contributed by atoms with E-state index in [1.165, 1.54) is 16.7 Å². The number of benzene rings is 1. The van der Waals surface area contributed by atoms with Gasteiger partial charge in [0.15, 0.2) is 6.61 Å². The first-order chi connectivity index (χ1) is 10.8. The molecule has 0 heterocycles. The molecule has 3 heteroatoms. The summed E-state index contributed by atoms with van der Waals surface area (Å²) in [7, 11) is 0. The maximum atomic E-state index is 11.2. The smallest absolute Gasteiger partial charge is 0.255 e. The van der Waals surface area contributed by atoms with Crippen molar-refractivity contribution in [3.8, 4) is 5.75 Å². The summed E-state index contributed by atoms with van der Waals surface area (Å²) >= 11 is 0. The molecule has 3 atom stereocenters. The lowest BCUT2D eigenvalue weighted by Crippen LogP contribution is -2.21. The third kappa shape index (κ3) is 4.98. The van der Waals surface area contributed by atoms with Gasteiger partial charge in [0.25, 0.3) is 5.91 Å². The SMILES string of the molecule is CCC(C)c1cc(C(C)CC)c(OCC(N)=O)c(C(C)CC)c1. The molecule has 23 heavy (non-hydrogen) atoms. The second kappa shape index (κ2) is 8.95. The van der Waals surface area contributed by atoms with Crippen LogP contribution in [-0.2, 0) is 4.79 Å². The Balaban J connectivity index is 3.48. The van der Waals surface area contributed by atoms with Gasteiger partial charge in [0, 0.05) is 0 Å². The lowest BCUT2D eigenvalue weighted by atomic mass is 9.85. The summed E-state index contributed by atoms with van der Waals surface area (Å²) in [6.45, 7) is 13.2. The van der Waals surface area contributed by atoms with Gasteiger partial charge in [-0.05, 0) is 53.7 Å². The van der Waals surface area contributed by atoms with Crippen molar-refractivity contribution in [1.29, 1.82) is 0 Å². The molecule has 0 bridgehead atoms. The number of carbonyl (C=O) groups excluding carboxylic acids is 1. The minimum Gasteiger partial charge on any atom is -0.483 e. The summed E-state index contributed by atoms with van der Waals surface area (Å²) in [5, 5.41) is 0. The molecule has 0 saturated carbocycles. The Morgan fingerprint density at radius 2 is 1.39 bits per heavy atom. The molecule has 0 aromatic heterocycles. The van der Waals surface area contributed by atoms with Crippen molar-refractivity contribution in [2.75, 3.05) is 6.61 Å². The normalized spacial score (nSPS) is 15.0. The van der Waals surface area contributed by atoms with Gasteiger partial charge in [0.2, 0.25) is 0 Å². The van der Waals surface area contributed by atoms with Crippen LogP contribution < -0.4 is 10.5 Å². The van der Waals surface area contributed by atoms with Crippen LogP contribution in [0.3, 0.4) is 0 Å². The fourth-order valence-corrected chi connectivity index (χ4v) is 2.70. The Morgan fingerprint density at radius 1 is 0.957 bits per heavy atom. The van der Waals surface area contributed by atoms with E-state index in [2.05, 4.69) is 53.7 Å². The van der Waals surface area contributed by atoms with Crippen LogP contribution >= 0.6 is 0 Å². The monoisotopic (exact) mass is 319 g/mol. The van der Waals surface area contributed by atoms with Crippen LogP contribution in [0, 0.1) is 0 Å². The van der Waals surface area contributed by atoms with E-state index >= 15 is 0 Å². The average molecular weight is 319 g/mol. The van der Waals surface area contributed by atoms with Crippen LogP contribution in [0.5, 0.6) is 5.75 Å². The van der Waals surface area contributed by atoms with Gasteiger partial charge < -0.3 is 10.5 Å². The van der Waals surface area contributed by atoms with Gasteiger partial charge in [0.1, 0.15) is 5.75 Å². The molecule has 2 N–H and O–H groups in total. The van der Waals surface area contributed by atoms with Crippen LogP contribution in [0.2, 0.25) is 0 Å². The summed E-state index contributed by atoms with van der Waals surface area (Å²) in [6, 6.07) is 4.54. The molecule has 0 radical (unpaired) electrons. The van der Waals surface area contributed by atoms with Crippen LogP contribution in [0.15, 0.2) is 12.1 Å². The molecular weight excluding hydrogens is 286 g/mol. The third-order valence-corrected chi connectivity index (χ3v) is 5.00. The maximum absolute atomic E-state index is 11.2. The van der Waals surface area contributed by atoms with Gasteiger partial charge in [-0.1, -0.05) is 53.7 Å². The predicted molar refractivity (Wildman–Crippen MR) is 97.2 cm³/mol. The molecule has 0 aliphatic rings. The first-order valence-corrected chi connectivity index (χ1v) is 8.94. The first-order valence-electron chi connectivity index (χ1n) is 8.94. The van der Waals surface area contributed by atoms with E-state index in [0.29, 0.717) is 17.8 Å². The zero-order valence-corrected chi connectivity index (χ0v) is 15.6. The number of hydrogen-bond donors (Lipinski definition) is 1. The van der Waals surface area contributed by atoms with Gasteiger partial charge >= 0.3 is 0 Å². The molecule has 0 spiro atoms. The Morgan fingerprint density at radius 3 is 1.74 bits per heavy atom. The van der Waals surface area contributed by atoms with Crippen molar-refractivity contribution in [3.05, 3.63) is 28.8 Å². The topological polar surface area (TPSA) is 52.3 Å². The fraction of sp³-hybridized carbons (Fsp3) is 0.650. The molecule has 0 aliphatic heterocycles. The highest BCUT2D eigenvalue weighted by molar-refractivity contribution is 5.75. The lowest BCUT2D eigenvalue weighted by molar-refractivity contribution is -0.119. The lowest BCUT2D eigenvalue weighted by Gasteiger charge is -2.24. The number of carbonyl (C=O) groups is 1. The minimum absolute atomic E-state index is 0.0600. The molecule has 1 amide bonds. The average Bonchev–Trinajstić information content (AvgIpc) is 2.56. The summed E-state index contributed by atoms with van der Waals surface area (Å²) < 4.78 is 5.87. The molecule has 3 nitrogen and oxygen atoms in total. The summed E-state index contributed by atoms with van der Waals surface area (Å²) in [5.74, 6) is 1.75. The van der Waals surface area contributed by atoms with Crippen molar-refractivity contribution in [2.24, 2.45) is 5.73 Å². The van der Waals surface area contributed by atoms with Crippen LogP contribution in [0.25, 0.3) is 0 Å². The minimum atomic E-state index is -0.429. The van der Waals surface area contributed by atoms with E-state index in [9.17, 15) is 4.79 Å². The van der Waals surface area contributed by atoms with Gasteiger partial charge in [0.05, 0.1) is 0 Å². The van der Waals surface area contributed by atoms with E-state index in [1.54, 1.807) is 0 Å². The summed E-state index contributed by atoms with van der Waals surface area (Å²) in [6.07, 6.45) is 3.19. The van der Waals surface area contributed by atoms with Crippen molar-refractivity contribution < 1.29 is 9.53 Å². The van der Waals surface area contributed by atoms with Gasteiger partial charge in [-0.15, -0.1) is 0 Å². The standard InChI is InChI=1S/C20H33NO2/c1-7-13(4)16-10-17(14(5)8-2)20(23-12-19(21)22)18(11-16)15(6)9-3/h10-11,13-15H,7-9,12H2,1-6H3,(H2,21,22). The van der Waals surface area contributed by atoms with E-state index in [4.69, 9.17) is 10.5 Å². The number of ether oxygens (including phenoxy) is 1. The van der Waals surface area contributed by atoms with Crippen molar-refractivity contribution in [2.45, 2.75) is 78.6 Å². The van der Waals surface area contributed by atoms with Crippen molar-refractivity contribution >= 4 is 5.91 Å². The Labute approximate surface area is 141 Å². The Kier molecular flexibility index (Phi) is 7.60.